The van der Waals surface area contributed by atoms with Crippen molar-refractivity contribution in [1.82, 2.24) is 0 Å². The average molecular weight is 201 g/mol. The zero-order valence-corrected chi connectivity index (χ0v) is 9.08. The highest BCUT2D eigenvalue weighted by atomic mass is 16.3. The summed E-state index contributed by atoms with van der Waals surface area (Å²) in [5, 5.41) is 1.14. The van der Waals surface area contributed by atoms with E-state index in [1.54, 1.807) is 6.26 Å². The number of benzene rings is 1. The zero-order chi connectivity index (χ0) is 10.7. The summed E-state index contributed by atoms with van der Waals surface area (Å²) in [5.74, 6) is 0. The number of hydrogen-bond acceptors (Lipinski definition) is 2. The molecule has 1 aliphatic rings. The minimum absolute atomic E-state index is 0.140. The molecule has 1 unspecified atom stereocenters. The van der Waals surface area contributed by atoms with Crippen LogP contribution in [0.1, 0.15) is 25.8 Å². The molecule has 1 saturated carbocycles. The van der Waals surface area contributed by atoms with Crippen molar-refractivity contribution in [2.45, 2.75) is 25.8 Å². The van der Waals surface area contributed by atoms with Crippen LogP contribution in [0.2, 0.25) is 0 Å². The minimum Gasteiger partial charge on any atom is -0.464 e. The molecule has 2 aromatic rings. The summed E-state index contributed by atoms with van der Waals surface area (Å²) in [6, 6.07) is 8.22. The van der Waals surface area contributed by atoms with E-state index >= 15 is 0 Å². The Bertz CT molecular complexity index is 526. The topological polar surface area (TPSA) is 39.2 Å². The van der Waals surface area contributed by atoms with Crippen LogP contribution in [-0.4, -0.2) is 0 Å². The van der Waals surface area contributed by atoms with E-state index in [2.05, 4.69) is 26.0 Å². The van der Waals surface area contributed by atoms with E-state index in [1.165, 1.54) is 5.56 Å². The van der Waals surface area contributed by atoms with Crippen molar-refractivity contribution in [3.05, 3.63) is 36.1 Å². The minimum atomic E-state index is -0.140. The van der Waals surface area contributed by atoms with E-state index in [9.17, 15) is 0 Å². The molecule has 0 bridgehead atoms. The molecule has 1 aromatic heterocycles. The summed E-state index contributed by atoms with van der Waals surface area (Å²) < 4.78 is 5.32. The summed E-state index contributed by atoms with van der Waals surface area (Å²) in [5.41, 5.74) is 8.62. The van der Waals surface area contributed by atoms with Crippen LogP contribution >= 0.6 is 0 Å². The summed E-state index contributed by atoms with van der Waals surface area (Å²) in [7, 11) is 0. The highest BCUT2D eigenvalue weighted by Crippen LogP contribution is 2.60. The number of nitrogens with two attached hydrogens (primary N) is 1. The van der Waals surface area contributed by atoms with Gasteiger partial charge in [-0.1, -0.05) is 19.9 Å². The summed E-state index contributed by atoms with van der Waals surface area (Å²) in [6.07, 6.45) is 2.78. The van der Waals surface area contributed by atoms with Gasteiger partial charge in [-0.2, -0.15) is 0 Å². The van der Waals surface area contributed by atoms with E-state index in [0.717, 1.165) is 17.4 Å². The number of rotatable bonds is 1. The van der Waals surface area contributed by atoms with E-state index in [0.29, 0.717) is 0 Å². The van der Waals surface area contributed by atoms with E-state index in [1.807, 2.05) is 12.1 Å². The molecule has 2 nitrogen and oxygen atoms in total. The van der Waals surface area contributed by atoms with Gasteiger partial charge in [0.05, 0.1) is 6.26 Å². The lowest BCUT2D eigenvalue weighted by molar-refractivity contribution is 0.510. The quantitative estimate of drug-likeness (QED) is 0.770. The zero-order valence-electron chi connectivity index (χ0n) is 9.08. The first-order chi connectivity index (χ1) is 7.03. The predicted molar refractivity (Wildman–Crippen MR) is 60.5 cm³/mol. The second-order valence-corrected chi connectivity index (χ2v) is 5.21. The molecule has 2 heteroatoms. The highest BCUT2D eigenvalue weighted by Gasteiger charge is 2.59. The predicted octanol–water partition coefficient (Wildman–Crippen LogP) is 3.02. The molecule has 0 aliphatic heterocycles. The molecule has 0 radical (unpaired) electrons. The van der Waals surface area contributed by atoms with Gasteiger partial charge >= 0.3 is 0 Å². The number of fused-ring (bicyclic) bond motifs is 1. The fourth-order valence-corrected chi connectivity index (χ4v) is 2.39. The molecule has 2 N–H and O–H groups in total. The monoisotopic (exact) mass is 201 g/mol. The molecule has 0 saturated heterocycles. The maximum absolute atomic E-state index is 6.37. The van der Waals surface area contributed by atoms with Crippen LogP contribution in [0.15, 0.2) is 34.9 Å². The first-order valence-electron chi connectivity index (χ1n) is 5.30. The van der Waals surface area contributed by atoms with E-state index in [-0.39, 0.29) is 11.0 Å². The number of furan rings is 1. The molecule has 1 fully saturated rings. The Morgan fingerprint density at radius 1 is 1.27 bits per heavy atom. The van der Waals surface area contributed by atoms with Gasteiger partial charge in [0.15, 0.2) is 0 Å². The Labute approximate surface area is 89.1 Å². The van der Waals surface area contributed by atoms with Crippen LogP contribution in [0.5, 0.6) is 0 Å². The molecule has 78 valence electrons. The summed E-state index contributed by atoms with van der Waals surface area (Å²) >= 11 is 0. The molecule has 1 atom stereocenters. The Morgan fingerprint density at radius 3 is 2.67 bits per heavy atom. The summed E-state index contributed by atoms with van der Waals surface area (Å²) in [4.78, 5) is 0. The van der Waals surface area contributed by atoms with E-state index < -0.39 is 0 Å². The molecule has 0 spiro atoms. The van der Waals surface area contributed by atoms with Gasteiger partial charge in [0.25, 0.3) is 0 Å². The Balaban J connectivity index is 2.13. The van der Waals surface area contributed by atoms with Crippen LogP contribution in [0.25, 0.3) is 11.0 Å². The van der Waals surface area contributed by atoms with Gasteiger partial charge in [0, 0.05) is 10.9 Å². The van der Waals surface area contributed by atoms with Crippen molar-refractivity contribution >= 4 is 11.0 Å². The lowest BCUT2D eigenvalue weighted by Gasteiger charge is -2.15. The fourth-order valence-electron chi connectivity index (χ4n) is 2.39. The third kappa shape index (κ3) is 1.08. The van der Waals surface area contributed by atoms with Crippen molar-refractivity contribution in [1.29, 1.82) is 0 Å². The lowest BCUT2D eigenvalue weighted by atomic mass is 9.96. The van der Waals surface area contributed by atoms with Gasteiger partial charge in [-0.15, -0.1) is 0 Å². The molecule has 3 rings (SSSR count). The molecule has 15 heavy (non-hydrogen) atoms. The van der Waals surface area contributed by atoms with E-state index in [4.69, 9.17) is 10.2 Å². The SMILES string of the molecule is CC1(C)CC1(N)c1ccc2occc2c1. The average Bonchev–Trinajstić information content (AvgIpc) is 2.61. The fraction of sp³-hybridized carbons (Fsp3) is 0.385. The van der Waals surface area contributed by atoms with Crippen molar-refractivity contribution in [2.75, 3.05) is 0 Å². The first-order valence-corrected chi connectivity index (χ1v) is 5.30. The standard InChI is InChI=1S/C13H15NO/c1-12(2)8-13(12,14)10-3-4-11-9(7-10)5-6-15-11/h3-7H,8,14H2,1-2H3. The largest absolute Gasteiger partial charge is 0.464 e. The molecule has 1 aliphatic carbocycles. The molecule has 0 amide bonds. The van der Waals surface area contributed by atoms with Crippen molar-refractivity contribution < 1.29 is 4.42 Å². The second-order valence-electron chi connectivity index (χ2n) is 5.21. The first kappa shape index (κ1) is 8.98. The normalized spacial score (nSPS) is 28.2. The Hall–Kier alpha value is -1.28. The molecular weight excluding hydrogens is 186 g/mol. The maximum atomic E-state index is 6.37. The third-order valence-electron chi connectivity index (χ3n) is 3.77. The van der Waals surface area contributed by atoms with Gasteiger partial charge in [0.2, 0.25) is 0 Å². The molecule has 1 aromatic carbocycles. The summed E-state index contributed by atoms with van der Waals surface area (Å²) in [6.45, 7) is 4.43. The third-order valence-corrected chi connectivity index (χ3v) is 3.77. The lowest BCUT2D eigenvalue weighted by Crippen LogP contribution is -2.25. The van der Waals surface area contributed by atoms with Gasteiger partial charge in [0.1, 0.15) is 5.58 Å². The number of hydrogen-bond donors (Lipinski definition) is 1. The Kier molecular flexibility index (Phi) is 1.47. The van der Waals surface area contributed by atoms with Crippen LogP contribution in [0.4, 0.5) is 0 Å². The van der Waals surface area contributed by atoms with Crippen molar-refractivity contribution in [3.63, 3.8) is 0 Å². The van der Waals surface area contributed by atoms with Gasteiger partial charge in [-0.3, -0.25) is 0 Å². The molecule has 1 heterocycles. The van der Waals surface area contributed by atoms with Gasteiger partial charge in [-0.05, 0) is 35.6 Å². The Morgan fingerprint density at radius 2 is 2.00 bits per heavy atom. The smallest absolute Gasteiger partial charge is 0.133 e. The maximum Gasteiger partial charge on any atom is 0.133 e. The van der Waals surface area contributed by atoms with Gasteiger partial charge in [-0.25, -0.2) is 0 Å². The van der Waals surface area contributed by atoms with Crippen LogP contribution < -0.4 is 5.73 Å². The van der Waals surface area contributed by atoms with Gasteiger partial charge < -0.3 is 10.2 Å². The molecular formula is C13H15NO. The van der Waals surface area contributed by atoms with Crippen molar-refractivity contribution in [3.8, 4) is 0 Å². The highest BCUT2D eigenvalue weighted by molar-refractivity contribution is 5.78. The second kappa shape index (κ2) is 2.45. The van der Waals surface area contributed by atoms with Crippen LogP contribution in [-0.2, 0) is 5.54 Å². The van der Waals surface area contributed by atoms with Crippen LogP contribution in [0, 0.1) is 5.41 Å². The van der Waals surface area contributed by atoms with Crippen molar-refractivity contribution in [2.24, 2.45) is 11.1 Å². The van der Waals surface area contributed by atoms with Crippen LogP contribution in [0.3, 0.4) is 0 Å².